The third-order valence-corrected chi connectivity index (χ3v) is 0.153. The Bertz CT molecular complexity index is 34.6. The minimum Gasteiger partial charge on any atom is -0.484 e. The van der Waals surface area contributed by atoms with Crippen molar-refractivity contribution in [2.24, 2.45) is 5.16 Å². The molecule has 0 fully saturated rings. The summed E-state index contributed by atoms with van der Waals surface area (Å²) in [4.78, 5) is 0. The Hall–Kier alpha value is -0.730. The second-order valence-electron chi connectivity index (χ2n) is 0.457. The van der Waals surface area contributed by atoms with Crippen LogP contribution in [0.5, 0.6) is 0 Å². The van der Waals surface area contributed by atoms with Crippen molar-refractivity contribution in [3.05, 3.63) is 0 Å². The summed E-state index contributed by atoms with van der Waals surface area (Å²) < 4.78 is 4.15. The number of oxime groups is 1. The van der Waals surface area contributed by atoms with E-state index < -0.39 is 0 Å². The van der Waals surface area contributed by atoms with Crippen LogP contribution in [-0.4, -0.2) is 18.7 Å². The average Bonchev–Trinajstić information content (AvgIpc) is 1.41. The van der Waals surface area contributed by atoms with Crippen molar-refractivity contribution in [3.63, 3.8) is 0 Å². The van der Waals surface area contributed by atoms with Gasteiger partial charge in [-0.3, -0.25) is 0 Å². The summed E-state index contributed by atoms with van der Waals surface area (Å²) in [7, 11) is 1.40. The first kappa shape index (κ1) is 4.27. The molecule has 0 saturated heterocycles. The Morgan fingerprint density at radius 2 is 2.60 bits per heavy atom. The minimum atomic E-state index is 0.931. The second-order valence-corrected chi connectivity index (χ2v) is 0.457. The van der Waals surface area contributed by atoms with Crippen LogP contribution in [0, 0.1) is 0 Å². The predicted octanol–water partition coefficient (Wildman–Crippen LogP) is 0.0503. The fraction of sp³-hybridized carbons (Fsp3) is 0.500. The van der Waals surface area contributed by atoms with Crippen molar-refractivity contribution in [2.45, 2.75) is 0 Å². The lowest BCUT2D eigenvalue weighted by Crippen LogP contribution is -1.71. The molecule has 0 saturated carbocycles. The van der Waals surface area contributed by atoms with Crippen LogP contribution in [0.4, 0.5) is 0 Å². The molecule has 0 aliphatic carbocycles. The molecule has 0 aromatic carbocycles. The third kappa shape index (κ3) is 3.27. The fourth-order valence-corrected chi connectivity index (χ4v) is 0.0471. The van der Waals surface area contributed by atoms with Crippen molar-refractivity contribution in [3.8, 4) is 0 Å². The number of rotatable bonds is 1. The highest BCUT2D eigenvalue weighted by atomic mass is 16.5. The van der Waals surface area contributed by atoms with Crippen molar-refractivity contribution in [1.82, 2.24) is 0 Å². The monoisotopic (exact) mass is 75.0 g/mol. The molecule has 0 spiro atoms. The first-order valence-electron chi connectivity index (χ1n) is 1.10. The van der Waals surface area contributed by atoms with E-state index >= 15 is 0 Å². The number of hydrogen-bond acceptors (Lipinski definition) is 3. The molecular weight excluding hydrogens is 70.0 g/mol. The van der Waals surface area contributed by atoms with E-state index in [1.807, 2.05) is 0 Å². The summed E-state index contributed by atoms with van der Waals surface area (Å²) >= 11 is 0. The number of ether oxygens (including phenoxy) is 1. The van der Waals surface area contributed by atoms with E-state index in [1.165, 1.54) is 7.11 Å². The maximum absolute atomic E-state index is 7.51. The highest BCUT2D eigenvalue weighted by Crippen LogP contribution is 1.47. The van der Waals surface area contributed by atoms with Crippen molar-refractivity contribution in [2.75, 3.05) is 7.11 Å². The molecule has 0 aliphatic heterocycles. The van der Waals surface area contributed by atoms with Gasteiger partial charge in [-0.1, -0.05) is 5.16 Å². The second kappa shape index (κ2) is 3.27. The Balaban J connectivity index is 2.62. The van der Waals surface area contributed by atoms with Crippen LogP contribution in [0.15, 0.2) is 5.16 Å². The molecule has 0 heterocycles. The first-order chi connectivity index (χ1) is 2.41. The van der Waals surface area contributed by atoms with Gasteiger partial charge in [0.15, 0.2) is 0 Å². The quantitative estimate of drug-likeness (QED) is 0.207. The predicted molar refractivity (Wildman–Crippen MR) is 17.3 cm³/mol. The Morgan fingerprint density at radius 1 is 2.00 bits per heavy atom. The molecule has 0 unspecified atom stereocenters. The molecule has 0 radical (unpaired) electrons. The van der Waals surface area contributed by atoms with Crippen LogP contribution < -0.4 is 0 Å². The molecule has 0 amide bonds. The van der Waals surface area contributed by atoms with Crippen molar-refractivity contribution >= 4 is 6.40 Å². The van der Waals surface area contributed by atoms with Crippen molar-refractivity contribution < 1.29 is 9.94 Å². The molecular formula is C2H5NO2. The highest BCUT2D eigenvalue weighted by molar-refractivity contribution is 5.44. The van der Waals surface area contributed by atoms with Crippen LogP contribution in [0.3, 0.4) is 0 Å². The van der Waals surface area contributed by atoms with E-state index in [0.29, 0.717) is 0 Å². The van der Waals surface area contributed by atoms with Gasteiger partial charge < -0.3 is 9.94 Å². The summed E-state index contributed by atoms with van der Waals surface area (Å²) in [5.74, 6) is 0. The molecule has 0 atom stereocenters. The van der Waals surface area contributed by atoms with Crippen molar-refractivity contribution in [1.29, 1.82) is 0 Å². The summed E-state index contributed by atoms with van der Waals surface area (Å²) in [6, 6.07) is 0. The molecule has 5 heavy (non-hydrogen) atoms. The molecule has 0 aromatic heterocycles. The molecule has 0 rings (SSSR count). The SMILES string of the molecule is CO/C=N/O. The minimum absolute atomic E-state index is 0.931. The molecule has 0 bridgehead atoms. The highest BCUT2D eigenvalue weighted by Gasteiger charge is 1.49. The Labute approximate surface area is 29.9 Å². The summed E-state index contributed by atoms with van der Waals surface area (Å²) in [5.41, 5.74) is 0. The van der Waals surface area contributed by atoms with Gasteiger partial charge in [0, 0.05) is 0 Å². The van der Waals surface area contributed by atoms with E-state index in [-0.39, 0.29) is 0 Å². The summed E-state index contributed by atoms with van der Waals surface area (Å²) in [6.07, 6.45) is 0.931. The molecule has 0 aliphatic rings. The van der Waals surface area contributed by atoms with Gasteiger partial charge in [-0.25, -0.2) is 0 Å². The summed E-state index contributed by atoms with van der Waals surface area (Å²) in [6.45, 7) is 0. The zero-order chi connectivity index (χ0) is 4.12. The zero-order valence-corrected chi connectivity index (χ0v) is 2.88. The molecule has 0 aromatic rings. The first-order valence-corrected chi connectivity index (χ1v) is 1.10. The van der Waals surface area contributed by atoms with E-state index in [9.17, 15) is 0 Å². The van der Waals surface area contributed by atoms with Gasteiger partial charge in [0.25, 0.3) is 0 Å². The lowest BCUT2D eigenvalue weighted by atomic mass is 11.4. The zero-order valence-electron chi connectivity index (χ0n) is 2.88. The number of nitrogens with zero attached hydrogens (tertiary/aromatic N) is 1. The largest absolute Gasteiger partial charge is 0.484 e. The smallest absolute Gasteiger partial charge is 0.211 e. The van der Waals surface area contributed by atoms with Gasteiger partial charge in [0.05, 0.1) is 7.11 Å². The molecule has 3 heteroatoms. The standard InChI is InChI=1S/C2H5NO2/c1-5-2-3-4/h2,4H,1H3/b3-2+. The van der Waals surface area contributed by atoms with Gasteiger partial charge >= 0.3 is 0 Å². The molecule has 1 N–H and O–H groups in total. The van der Waals surface area contributed by atoms with Gasteiger partial charge in [-0.15, -0.1) is 0 Å². The van der Waals surface area contributed by atoms with Crippen LogP contribution >= 0.6 is 0 Å². The number of hydrogen-bond donors (Lipinski definition) is 1. The lowest BCUT2D eigenvalue weighted by Gasteiger charge is -1.74. The maximum Gasteiger partial charge on any atom is 0.211 e. The van der Waals surface area contributed by atoms with Gasteiger partial charge in [-0.2, -0.15) is 0 Å². The van der Waals surface area contributed by atoms with E-state index in [1.54, 1.807) is 0 Å². The van der Waals surface area contributed by atoms with Gasteiger partial charge in [0.2, 0.25) is 6.40 Å². The van der Waals surface area contributed by atoms with E-state index in [0.717, 1.165) is 6.40 Å². The summed E-state index contributed by atoms with van der Waals surface area (Å²) in [5, 5.41) is 10.0. The topological polar surface area (TPSA) is 41.8 Å². The fourth-order valence-electron chi connectivity index (χ4n) is 0.0471. The third-order valence-electron chi connectivity index (χ3n) is 0.153. The van der Waals surface area contributed by atoms with Crippen LogP contribution in [0.2, 0.25) is 0 Å². The van der Waals surface area contributed by atoms with E-state index in [4.69, 9.17) is 5.21 Å². The number of methoxy groups -OCH3 is 1. The van der Waals surface area contributed by atoms with Crippen LogP contribution in [0.1, 0.15) is 0 Å². The van der Waals surface area contributed by atoms with Gasteiger partial charge in [-0.05, 0) is 0 Å². The van der Waals surface area contributed by atoms with Crippen LogP contribution in [-0.2, 0) is 4.74 Å². The Morgan fingerprint density at radius 3 is 2.60 bits per heavy atom. The lowest BCUT2D eigenvalue weighted by molar-refractivity contribution is 0.296. The molecule has 30 valence electrons. The normalized spacial score (nSPS) is 9.00. The Kier molecular flexibility index (Phi) is 2.79. The maximum atomic E-state index is 7.51. The van der Waals surface area contributed by atoms with Crippen LogP contribution in [0.25, 0.3) is 0 Å². The average molecular weight is 75.1 g/mol. The van der Waals surface area contributed by atoms with Gasteiger partial charge in [0.1, 0.15) is 0 Å². The molecule has 3 nitrogen and oxygen atoms in total. The van der Waals surface area contributed by atoms with E-state index in [2.05, 4.69) is 9.89 Å².